The van der Waals surface area contributed by atoms with Crippen LogP contribution in [0.4, 0.5) is 0 Å². The standard InChI is InChI=1S/C15H21NO3/c1-17-13-8-12(9-13)16-10-11-4-2-5-14-15(11)19-7-3-6-18-14/h2,4-5,12-13,16H,3,6-10H2,1H3. The van der Waals surface area contributed by atoms with Crippen LogP contribution in [0.3, 0.4) is 0 Å². The number of rotatable bonds is 4. The van der Waals surface area contributed by atoms with Crippen molar-refractivity contribution < 1.29 is 14.2 Å². The number of hydrogen-bond donors (Lipinski definition) is 1. The Morgan fingerprint density at radius 1 is 1.26 bits per heavy atom. The van der Waals surface area contributed by atoms with Crippen LogP contribution in [0, 0.1) is 0 Å². The Bertz CT molecular complexity index is 429. The predicted octanol–water partition coefficient (Wildman–Crippen LogP) is 2.11. The number of benzene rings is 1. The molecule has 1 heterocycles. The third kappa shape index (κ3) is 2.85. The van der Waals surface area contributed by atoms with E-state index in [1.807, 2.05) is 12.1 Å². The van der Waals surface area contributed by atoms with E-state index in [4.69, 9.17) is 14.2 Å². The van der Waals surface area contributed by atoms with E-state index >= 15 is 0 Å². The summed E-state index contributed by atoms with van der Waals surface area (Å²) in [6, 6.07) is 6.68. The lowest BCUT2D eigenvalue weighted by Crippen LogP contribution is -2.44. The quantitative estimate of drug-likeness (QED) is 0.903. The molecule has 2 aliphatic rings. The molecule has 1 aromatic rings. The Balaban J connectivity index is 1.61. The van der Waals surface area contributed by atoms with Gasteiger partial charge in [-0.05, 0) is 18.9 Å². The predicted molar refractivity (Wildman–Crippen MR) is 72.7 cm³/mol. The largest absolute Gasteiger partial charge is 0.490 e. The van der Waals surface area contributed by atoms with E-state index in [1.54, 1.807) is 7.11 Å². The van der Waals surface area contributed by atoms with E-state index in [9.17, 15) is 0 Å². The van der Waals surface area contributed by atoms with Gasteiger partial charge in [0.2, 0.25) is 0 Å². The molecule has 1 fully saturated rings. The van der Waals surface area contributed by atoms with Gasteiger partial charge in [-0.3, -0.25) is 0 Å². The van der Waals surface area contributed by atoms with Crippen LogP contribution < -0.4 is 14.8 Å². The van der Waals surface area contributed by atoms with E-state index in [1.165, 1.54) is 5.56 Å². The Morgan fingerprint density at radius 2 is 2.11 bits per heavy atom. The van der Waals surface area contributed by atoms with Crippen LogP contribution in [-0.4, -0.2) is 32.5 Å². The highest BCUT2D eigenvalue weighted by atomic mass is 16.5. The van der Waals surface area contributed by atoms with Crippen LogP contribution in [-0.2, 0) is 11.3 Å². The molecule has 1 aromatic carbocycles. The zero-order valence-corrected chi connectivity index (χ0v) is 11.4. The molecule has 19 heavy (non-hydrogen) atoms. The van der Waals surface area contributed by atoms with Gasteiger partial charge in [-0.25, -0.2) is 0 Å². The summed E-state index contributed by atoms with van der Waals surface area (Å²) < 4.78 is 16.8. The molecule has 0 atom stereocenters. The molecule has 1 saturated carbocycles. The van der Waals surface area contributed by atoms with Gasteiger partial charge in [0.1, 0.15) is 0 Å². The zero-order chi connectivity index (χ0) is 13.1. The minimum Gasteiger partial charge on any atom is -0.490 e. The van der Waals surface area contributed by atoms with Crippen molar-refractivity contribution in [1.29, 1.82) is 0 Å². The highest BCUT2D eigenvalue weighted by Gasteiger charge is 2.28. The first-order valence-electron chi connectivity index (χ1n) is 7.00. The van der Waals surface area contributed by atoms with Gasteiger partial charge in [-0.1, -0.05) is 12.1 Å². The van der Waals surface area contributed by atoms with Crippen LogP contribution in [0.2, 0.25) is 0 Å². The maximum Gasteiger partial charge on any atom is 0.165 e. The Labute approximate surface area is 114 Å². The maximum absolute atomic E-state index is 5.82. The molecule has 1 aliphatic carbocycles. The van der Waals surface area contributed by atoms with Crippen molar-refractivity contribution in [1.82, 2.24) is 5.32 Å². The van der Waals surface area contributed by atoms with Crippen molar-refractivity contribution >= 4 is 0 Å². The van der Waals surface area contributed by atoms with Crippen LogP contribution in [0.1, 0.15) is 24.8 Å². The molecule has 1 N–H and O–H groups in total. The lowest BCUT2D eigenvalue weighted by Gasteiger charge is -2.35. The van der Waals surface area contributed by atoms with Crippen molar-refractivity contribution in [2.24, 2.45) is 0 Å². The molecule has 0 radical (unpaired) electrons. The second kappa shape index (κ2) is 5.80. The molecule has 0 aromatic heterocycles. The number of nitrogens with one attached hydrogen (secondary N) is 1. The van der Waals surface area contributed by atoms with Crippen LogP contribution in [0.15, 0.2) is 18.2 Å². The summed E-state index contributed by atoms with van der Waals surface area (Å²) in [4.78, 5) is 0. The van der Waals surface area contributed by atoms with Gasteiger partial charge < -0.3 is 19.5 Å². The lowest BCUT2D eigenvalue weighted by atomic mass is 9.89. The molecular formula is C15H21NO3. The molecule has 0 amide bonds. The maximum atomic E-state index is 5.82. The molecule has 0 spiro atoms. The first-order chi connectivity index (χ1) is 9.36. The van der Waals surface area contributed by atoms with Crippen molar-refractivity contribution in [2.75, 3.05) is 20.3 Å². The van der Waals surface area contributed by atoms with Gasteiger partial charge >= 0.3 is 0 Å². The molecular weight excluding hydrogens is 242 g/mol. The van der Waals surface area contributed by atoms with Crippen LogP contribution >= 0.6 is 0 Å². The van der Waals surface area contributed by atoms with E-state index in [0.29, 0.717) is 12.1 Å². The van der Waals surface area contributed by atoms with Gasteiger partial charge in [0, 0.05) is 31.7 Å². The summed E-state index contributed by atoms with van der Waals surface area (Å²) >= 11 is 0. The van der Waals surface area contributed by atoms with Gasteiger partial charge in [-0.15, -0.1) is 0 Å². The fourth-order valence-electron chi connectivity index (χ4n) is 2.57. The summed E-state index contributed by atoms with van der Waals surface area (Å²) in [5.74, 6) is 1.79. The Morgan fingerprint density at radius 3 is 2.95 bits per heavy atom. The van der Waals surface area contributed by atoms with Crippen molar-refractivity contribution in [3.8, 4) is 11.5 Å². The lowest BCUT2D eigenvalue weighted by molar-refractivity contribution is 0.0169. The number of hydrogen-bond acceptors (Lipinski definition) is 4. The van der Waals surface area contributed by atoms with Crippen LogP contribution in [0.25, 0.3) is 0 Å². The molecule has 4 heteroatoms. The zero-order valence-electron chi connectivity index (χ0n) is 11.4. The molecule has 0 saturated heterocycles. The molecule has 4 nitrogen and oxygen atoms in total. The smallest absolute Gasteiger partial charge is 0.165 e. The van der Waals surface area contributed by atoms with Crippen molar-refractivity contribution in [3.63, 3.8) is 0 Å². The topological polar surface area (TPSA) is 39.7 Å². The van der Waals surface area contributed by atoms with Crippen molar-refractivity contribution in [3.05, 3.63) is 23.8 Å². The monoisotopic (exact) mass is 263 g/mol. The average molecular weight is 263 g/mol. The highest BCUT2D eigenvalue weighted by Crippen LogP contribution is 2.33. The Hall–Kier alpha value is -1.26. The molecule has 1 aliphatic heterocycles. The minimum absolute atomic E-state index is 0.435. The average Bonchev–Trinajstić information content (AvgIpc) is 2.63. The van der Waals surface area contributed by atoms with Crippen LogP contribution in [0.5, 0.6) is 11.5 Å². The first-order valence-corrected chi connectivity index (χ1v) is 7.00. The summed E-state index contributed by atoms with van der Waals surface area (Å²) in [6.07, 6.45) is 3.58. The van der Waals surface area contributed by atoms with Gasteiger partial charge in [0.05, 0.1) is 19.3 Å². The fourth-order valence-corrected chi connectivity index (χ4v) is 2.57. The van der Waals surface area contributed by atoms with Crippen molar-refractivity contribution in [2.45, 2.75) is 38.0 Å². The fraction of sp³-hybridized carbons (Fsp3) is 0.600. The second-order valence-corrected chi connectivity index (χ2v) is 5.20. The highest BCUT2D eigenvalue weighted by molar-refractivity contribution is 5.47. The number of methoxy groups -OCH3 is 1. The summed E-state index contributed by atoms with van der Waals surface area (Å²) in [5.41, 5.74) is 1.18. The normalized spacial score (nSPS) is 25.5. The molecule has 104 valence electrons. The summed E-state index contributed by atoms with van der Waals surface area (Å²) in [6.45, 7) is 2.30. The van der Waals surface area contributed by atoms with E-state index in [0.717, 1.165) is 50.5 Å². The number of para-hydroxylation sites is 1. The molecule has 3 rings (SSSR count). The molecule has 0 unspecified atom stereocenters. The van der Waals surface area contributed by atoms with Gasteiger partial charge in [-0.2, -0.15) is 0 Å². The van der Waals surface area contributed by atoms with E-state index < -0.39 is 0 Å². The SMILES string of the molecule is COC1CC(NCc2cccc3c2OCCCO3)C1. The third-order valence-corrected chi connectivity index (χ3v) is 3.86. The Kier molecular flexibility index (Phi) is 3.89. The number of fused-ring (bicyclic) bond motifs is 1. The third-order valence-electron chi connectivity index (χ3n) is 3.86. The number of ether oxygens (including phenoxy) is 3. The van der Waals surface area contributed by atoms with E-state index in [2.05, 4.69) is 11.4 Å². The van der Waals surface area contributed by atoms with E-state index in [-0.39, 0.29) is 0 Å². The summed E-state index contributed by atoms with van der Waals surface area (Å²) in [7, 11) is 1.78. The second-order valence-electron chi connectivity index (χ2n) is 5.20. The summed E-state index contributed by atoms with van der Waals surface area (Å²) in [5, 5.41) is 3.55. The molecule has 0 bridgehead atoms. The first kappa shape index (κ1) is 12.8. The minimum atomic E-state index is 0.435. The van der Waals surface area contributed by atoms with Gasteiger partial charge in [0.25, 0.3) is 0 Å². The van der Waals surface area contributed by atoms with Gasteiger partial charge in [0.15, 0.2) is 11.5 Å².